The van der Waals surface area contributed by atoms with E-state index in [-0.39, 0.29) is 6.04 Å². The number of hydrogen-bond donors (Lipinski definition) is 2. The minimum Gasteiger partial charge on any atom is -0.262 e. The molecule has 1 heterocycles. The lowest BCUT2D eigenvalue weighted by atomic mass is 10.4. The van der Waals surface area contributed by atoms with E-state index in [9.17, 15) is 8.42 Å². The Morgan fingerprint density at radius 2 is 2.07 bits per heavy atom. The smallest absolute Gasteiger partial charge is 0.262 e. The number of rotatable bonds is 4. The average Bonchev–Trinajstić information content (AvgIpc) is 2.30. The van der Waals surface area contributed by atoms with Crippen LogP contribution in [0.4, 0.5) is 5.00 Å². The third-order valence-corrected chi connectivity index (χ3v) is 3.72. The van der Waals surface area contributed by atoms with E-state index in [0.717, 1.165) is 5.56 Å². The van der Waals surface area contributed by atoms with Gasteiger partial charge in [0, 0.05) is 6.04 Å². The SMILES string of the molecule is Cc1csc(NS(=O)(=O)NC(C)C)c1. The maximum Gasteiger partial charge on any atom is 0.299 e. The van der Waals surface area contributed by atoms with Crippen molar-refractivity contribution < 1.29 is 8.42 Å². The first-order valence-corrected chi connectivity index (χ1v) is 6.60. The minimum atomic E-state index is -3.41. The molecule has 0 spiro atoms. The van der Waals surface area contributed by atoms with Gasteiger partial charge in [0.25, 0.3) is 10.2 Å². The van der Waals surface area contributed by atoms with Crippen LogP contribution in [0.3, 0.4) is 0 Å². The molecule has 0 aromatic carbocycles. The van der Waals surface area contributed by atoms with E-state index >= 15 is 0 Å². The Labute approximate surface area is 88.5 Å². The van der Waals surface area contributed by atoms with Gasteiger partial charge < -0.3 is 0 Å². The van der Waals surface area contributed by atoms with Crippen molar-refractivity contribution >= 4 is 26.5 Å². The predicted octanol–water partition coefficient (Wildman–Crippen LogP) is 1.71. The molecule has 1 aromatic heterocycles. The van der Waals surface area contributed by atoms with E-state index in [1.807, 2.05) is 12.3 Å². The van der Waals surface area contributed by atoms with E-state index in [2.05, 4.69) is 9.44 Å². The monoisotopic (exact) mass is 234 g/mol. The van der Waals surface area contributed by atoms with Crippen LogP contribution in [0.5, 0.6) is 0 Å². The van der Waals surface area contributed by atoms with E-state index in [0.29, 0.717) is 5.00 Å². The van der Waals surface area contributed by atoms with Crippen molar-refractivity contribution in [3.63, 3.8) is 0 Å². The third kappa shape index (κ3) is 3.65. The molecular weight excluding hydrogens is 220 g/mol. The highest BCUT2D eigenvalue weighted by Crippen LogP contribution is 2.20. The van der Waals surface area contributed by atoms with Gasteiger partial charge in [0.1, 0.15) is 5.00 Å². The van der Waals surface area contributed by atoms with E-state index in [1.165, 1.54) is 11.3 Å². The number of anilines is 1. The second kappa shape index (κ2) is 4.29. The lowest BCUT2D eigenvalue weighted by Crippen LogP contribution is -2.34. The number of thiophene rings is 1. The van der Waals surface area contributed by atoms with Gasteiger partial charge in [-0.3, -0.25) is 4.72 Å². The molecule has 80 valence electrons. The highest BCUT2D eigenvalue weighted by atomic mass is 32.2. The van der Waals surface area contributed by atoms with Crippen molar-refractivity contribution in [3.8, 4) is 0 Å². The highest BCUT2D eigenvalue weighted by Gasteiger charge is 2.11. The normalized spacial score (nSPS) is 12.0. The summed E-state index contributed by atoms with van der Waals surface area (Å²) >= 11 is 1.37. The van der Waals surface area contributed by atoms with Crippen LogP contribution in [-0.4, -0.2) is 14.5 Å². The molecule has 0 fully saturated rings. The van der Waals surface area contributed by atoms with Crippen LogP contribution in [0, 0.1) is 6.92 Å². The van der Waals surface area contributed by atoms with Crippen molar-refractivity contribution in [1.29, 1.82) is 0 Å². The number of nitrogens with one attached hydrogen (secondary N) is 2. The Kier molecular flexibility index (Phi) is 3.52. The summed E-state index contributed by atoms with van der Waals surface area (Å²) in [6.07, 6.45) is 0. The minimum absolute atomic E-state index is 0.103. The topological polar surface area (TPSA) is 58.2 Å². The molecule has 6 heteroatoms. The first-order valence-electron chi connectivity index (χ1n) is 4.24. The van der Waals surface area contributed by atoms with E-state index < -0.39 is 10.2 Å². The van der Waals surface area contributed by atoms with Crippen LogP contribution in [0.25, 0.3) is 0 Å². The van der Waals surface area contributed by atoms with Crippen molar-refractivity contribution in [3.05, 3.63) is 17.0 Å². The van der Waals surface area contributed by atoms with Crippen LogP contribution in [0.2, 0.25) is 0 Å². The fourth-order valence-corrected chi connectivity index (χ4v) is 3.12. The van der Waals surface area contributed by atoms with Gasteiger partial charge in [-0.05, 0) is 37.8 Å². The van der Waals surface area contributed by atoms with Crippen LogP contribution >= 0.6 is 11.3 Å². The third-order valence-electron chi connectivity index (χ3n) is 1.36. The second-order valence-corrected chi connectivity index (χ2v) is 5.72. The van der Waals surface area contributed by atoms with Crippen molar-refractivity contribution in [2.45, 2.75) is 26.8 Å². The lowest BCUT2D eigenvalue weighted by molar-refractivity contribution is 0.575. The molecule has 2 N–H and O–H groups in total. The zero-order chi connectivity index (χ0) is 10.8. The van der Waals surface area contributed by atoms with E-state index in [1.54, 1.807) is 19.9 Å². The zero-order valence-corrected chi connectivity index (χ0v) is 10.00. The van der Waals surface area contributed by atoms with Crippen molar-refractivity contribution in [2.24, 2.45) is 0 Å². The standard InChI is InChI=1S/C8H14N2O2S2/c1-6(2)9-14(11,12)10-8-4-7(3)5-13-8/h4-6,9-10H,1-3H3. The van der Waals surface area contributed by atoms with Crippen molar-refractivity contribution in [2.75, 3.05) is 4.72 Å². The summed E-state index contributed by atoms with van der Waals surface area (Å²) in [4.78, 5) is 0. The molecule has 0 bridgehead atoms. The first-order chi connectivity index (χ1) is 6.39. The summed E-state index contributed by atoms with van der Waals surface area (Å²) in [6, 6.07) is 1.69. The summed E-state index contributed by atoms with van der Waals surface area (Å²) < 4.78 is 27.7. The van der Waals surface area contributed by atoms with Crippen LogP contribution in [0.15, 0.2) is 11.4 Å². The van der Waals surface area contributed by atoms with Gasteiger partial charge in [-0.15, -0.1) is 11.3 Å². The Morgan fingerprint density at radius 3 is 2.50 bits per heavy atom. The molecule has 0 aliphatic rings. The molecule has 0 amide bonds. The molecule has 0 saturated heterocycles. The molecule has 0 atom stereocenters. The summed E-state index contributed by atoms with van der Waals surface area (Å²) in [5.41, 5.74) is 1.05. The van der Waals surface area contributed by atoms with E-state index in [4.69, 9.17) is 0 Å². The summed E-state index contributed by atoms with van der Waals surface area (Å²) in [5.74, 6) is 0. The Balaban J connectivity index is 2.69. The molecule has 14 heavy (non-hydrogen) atoms. The Bertz CT molecular complexity index is 395. The molecular formula is C8H14N2O2S2. The first kappa shape index (κ1) is 11.5. The summed E-state index contributed by atoms with van der Waals surface area (Å²) in [7, 11) is -3.41. The molecule has 0 aliphatic heterocycles. The molecule has 0 aliphatic carbocycles. The lowest BCUT2D eigenvalue weighted by Gasteiger charge is -2.09. The average molecular weight is 234 g/mol. The maximum absolute atomic E-state index is 11.4. The quantitative estimate of drug-likeness (QED) is 0.833. The summed E-state index contributed by atoms with van der Waals surface area (Å²) in [5, 5.41) is 2.53. The maximum atomic E-state index is 11.4. The van der Waals surface area contributed by atoms with Gasteiger partial charge in [0.05, 0.1) is 0 Å². The van der Waals surface area contributed by atoms with Gasteiger partial charge in [-0.25, -0.2) is 0 Å². The van der Waals surface area contributed by atoms with Gasteiger partial charge in [0.2, 0.25) is 0 Å². The van der Waals surface area contributed by atoms with Gasteiger partial charge in [0.15, 0.2) is 0 Å². The fourth-order valence-electron chi connectivity index (χ4n) is 0.957. The largest absolute Gasteiger partial charge is 0.299 e. The molecule has 1 rings (SSSR count). The van der Waals surface area contributed by atoms with Crippen LogP contribution < -0.4 is 9.44 Å². The van der Waals surface area contributed by atoms with Gasteiger partial charge >= 0.3 is 0 Å². The highest BCUT2D eigenvalue weighted by molar-refractivity contribution is 7.91. The number of aryl methyl sites for hydroxylation is 1. The predicted molar refractivity (Wildman–Crippen MR) is 59.9 cm³/mol. The van der Waals surface area contributed by atoms with Crippen molar-refractivity contribution in [1.82, 2.24) is 4.72 Å². The Morgan fingerprint density at radius 1 is 1.43 bits per heavy atom. The molecule has 1 aromatic rings. The summed E-state index contributed by atoms with van der Waals surface area (Å²) in [6.45, 7) is 5.47. The van der Waals surface area contributed by atoms with Crippen LogP contribution in [-0.2, 0) is 10.2 Å². The van der Waals surface area contributed by atoms with Crippen LogP contribution in [0.1, 0.15) is 19.4 Å². The second-order valence-electron chi connectivity index (χ2n) is 3.37. The van der Waals surface area contributed by atoms with Gasteiger partial charge in [-0.1, -0.05) is 0 Å². The van der Waals surface area contributed by atoms with Gasteiger partial charge in [-0.2, -0.15) is 13.1 Å². The molecule has 0 radical (unpaired) electrons. The zero-order valence-electron chi connectivity index (χ0n) is 8.37. The molecule has 4 nitrogen and oxygen atoms in total. The Hall–Kier alpha value is -0.590. The molecule has 0 saturated carbocycles. The fraction of sp³-hybridized carbons (Fsp3) is 0.500. The number of hydrogen-bond acceptors (Lipinski definition) is 3. The molecule has 0 unspecified atom stereocenters.